The molecule has 3 N–H and O–H groups in total. The van der Waals surface area contributed by atoms with Gasteiger partial charge in [0, 0.05) is 12.8 Å². The molecule has 0 aromatic carbocycles. The van der Waals surface area contributed by atoms with E-state index in [4.69, 9.17) is 4.74 Å². The molecule has 500 valence electrons. The third-order valence-electron chi connectivity index (χ3n) is 18.6. The van der Waals surface area contributed by atoms with Crippen molar-refractivity contribution in [3.8, 4) is 0 Å². The van der Waals surface area contributed by atoms with Gasteiger partial charge in [0.25, 0.3) is 0 Å². The summed E-state index contributed by atoms with van der Waals surface area (Å²) in [5, 5.41) is 23.4. The lowest BCUT2D eigenvalue weighted by atomic mass is 10.0. The molecular weight excluding hydrogens is 1030 g/mol. The average Bonchev–Trinajstić information content (AvgIpc) is 3.52. The number of rotatable bonds is 74. The van der Waals surface area contributed by atoms with Crippen molar-refractivity contribution in [3.05, 3.63) is 12.2 Å². The van der Waals surface area contributed by atoms with Gasteiger partial charge in [0.1, 0.15) is 0 Å². The van der Waals surface area contributed by atoms with Crippen molar-refractivity contribution in [2.24, 2.45) is 0 Å². The van der Waals surface area contributed by atoms with Gasteiger partial charge in [-0.3, -0.25) is 9.59 Å². The molecule has 0 rings (SSSR count). The third kappa shape index (κ3) is 69.7. The molecule has 0 aromatic heterocycles. The average molecular weight is 1190 g/mol. The number of allylic oxidation sites excluding steroid dienone is 2. The van der Waals surface area contributed by atoms with Gasteiger partial charge in [-0.05, 0) is 51.4 Å². The molecule has 0 radical (unpaired) electrons. The maximum atomic E-state index is 12.5. The molecule has 0 fully saturated rings. The Morgan fingerprint density at radius 3 is 0.869 bits per heavy atom. The summed E-state index contributed by atoms with van der Waals surface area (Å²) in [4.78, 5) is 24.6. The van der Waals surface area contributed by atoms with Crippen LogP contribution in [0.5, 0.6) is 0 Å². The predicted molar refractivity (Wildman–Crippen MR) is 370 cm³/mol. The quantitative estimate of drug-likeness (QED) is 0.0320. The van der Waals surface area contributed by atoms with Crippen molar-refractivity contribution in [3.63, 3.8) is 0 Å². The number of aliphatic hydroxyl groups is 2. The molecule has 6 nitrogen and oxygen atoms in total. The maximum absolute atomic E-state index is 12.5. The minimum Gasteiger partial charge on any atom is -0.466 e. The summed E-state index contributed by atoms with van der Waals surface area (Å²) in [6.07, 6.45) is 93.1. The Hall–Kier alpha value is -1.40. The Morgan fingerprint density at radius 1 is 0.321 bits per heavy atom. The number of amides is 1. The second-order valence-corrected chi connectivity index (χ2v) is 27.0. The second-order valence-electron chi connectivity index (χ2n) is 27.0. The van der Waals surface area contributed by atoms with Crippen LogP contribution in [0.2, 0.25) is 0 Å². The van der Waals surface area contributed by atoms with Crippen LogP contribution in [0.15, 0.2) is 12.2 Å². The molecule has 2 unspecified atom stereocenters. The van der Waals surface area contributed by atoms with Gasteiger partial charge in [-0.2, -0.15) is 0 Å². The molecule has 2 atom stereocenters. The minimum atomic E-state index is -0.660. The van der Waals surface area contributed by atoms with Gasteiger partial charge in [0.15, 0.2) is 0 Å². The summed E-state index contributed by atoms with van der Waals surface area (Å²) in [5.74, 6) is -0.0102. The number of aliphatic hydroxyl groups excluding tert-OH is 2. The van der Waals surface area contributed by atoms with Gasteiger partial charge in [-0.1, -0.05) is 398 Å². The number of esters is 1. The number of hydrogen-bond donors (Lipinski definition) is 3. The highest BCUT2D eigenvalue weighted by Gasteiger charge is 2.20. The van der Waals surface area contributed by atoms with Crippen LogP contribution < -0.4 is 5.32 Å². The lowest BCUT2D eigenvalue weighted by Gasteiger charge is -2.22. The van der Waals surface area contributed by atoms with Crippen LogP contribution in [0.4, 0.5) is 0 Å². The first-order valence-electron chi connectivity index (χ1n) is 38.9. The van der Waals surface area contributed by atoms with Crippen LogP contribution in [0.3, 0.4) is 0 Å². The van der Waals surface area contributed by atoms with Crippen LogP contribution in [-0.4, -0.2) is 47.4 Å². The number of nitrogens with one attached hydrogen (secondary N) is 1. The molecule has 0 heterocycles. The number of ether oxygens (including phenoxy) is 1. The van der Waals surface area contributed by atoms with E-state index < -0.39 is 12.1 Å². The Kier molecular flexibility index (Phi) is 72.8. The van der Waals surface area contributed by atoms with E-state index in [1.165, 1.54) is 372 Å². The van der Waals surface area contributed by atoms with Crippen LogP contribution in [0.25, 0.3) is 0 Å². The summed E-state index contributed by atoms with van der Waals surface area (Å²) < 4.78 is 5.48. The first kappa shape index (κ1) is 82.6. The molecule has 0 aliphatic rings. The predicted octanol–water partition coefficient (Wildman–Crippen LogP) is 25.5. The van der Waals surface area contributed by atoms with Crippen LogP contribution in [-0.2, 0) is 14.3 Å². The fourth-order valence-corrected chi connectivity index (χ4v) is 12.6. The highest BCUT2D eigenvalue weighted by Crippen LogP contribution is 2.20. The zero-order valence-corrected chi connectivity index (χ0v) is 57.4. The molecular formula is C78H153NO5. The van der Waals surface area contributed by atoms with Crippen LogP contribution >= 0.6 is 0 Å². The van der Waals surface area contributed by atoms with E-state index in [0.717, 1.165) is 44.9 Å². The summed E-state index contributed by atoms with van der Waals surface area (Å²) in [6.45, 7) is 4.98. The molecule has 0 saturated carbocycles. The maximum Gasteiger partial charge on any atom is 0.305 e. The summed E-state index contributed by atoms with van der Waals surface area (Å²) in [5.41, 5.74) is 0. The Balaban J connectivity index is 3.30. The highest BCUT2D eigenvalue weighted by atomic mass is 16.5. The van der Waals surface area contributed by atoms with Crippen molar-refractivity contribution in [1.82, 2.24) is 5.32 Å². The molecule has 84 heavy (non-hydrogen) atoms. The molecule has 0 aliphatic heterocycles. The van der Waals surface area contributed by atoms with Crippen molar-refractivity contribution in [1.29, 1.82) is 0 Å². The minimum absolute atomic E-state index is 0.0141. The van der Waals surface area contributed by atoms with Gasteiger partial charge >= 0.3 is 5.97 Å². The Morgan fingerprint density at radius 2 is 0.560 bits per heavy atom. The van der Waals surface area contributed by atoms with E-state index in [9.17, 15) is 19.8 Å². The SMILES string of the molecule is CCCCC/C=C\CCCCCCCC(=O)OCCCCCCCCCCCCCCCCCCCCCCCCCCCCCCCCCCCCCCCC(=O)NC(CO)C(O)CCCCCCCCCCCCCCCCCCCC. The van der Waals surface area contributed by atoms with E-state index in [2.05, 4.69) is 31.3 Å². The summed E-state index contributed by atoms with van der Waals surface area (Å²) >= 11 is 0. The van der Waals surface area contributed by atoms with Crippen molar-refractivity contribution in [2.75, 3.05) is 13.2 Å². The lowest BCUT2D eigenvalue weighted by Crippen LogP contribution is -2.45. The first-order valence-corrected chi connectivity index (χ1v) is 38.9. The number of hydrogen-bond acceptors (Lipinski definition) is 5. The normalized spacial score (nSPS) is 12.5. The van der Waals surface area contributed by atoms with Gasteiger partial charge in [0.2, 0.25) is 5.91 Å². The molecule has 6 heteroatoms. The van der Waals surface area contributed by atoms with E-state index in [-0.39, 0.29) is 18.5 Å². The first-order chi connectivity index (χ1) is 41.5. The van der Waals surface area contributed by atoms with Gasteiger partial charge in [-0.15, -0.1) is 0 Å². The topological polar surface area (TPSA) is 95.9 Å². The molecule has 1 amide bonds. The zero-order valence-electron chi connectivity index (χ0n) is 57.4. The zero-order chi connectivity index (χ0) is 60.6. The Bertz CT molecular complexity index is 1270. The molecule has 0 aromatic rings. The van der Waals surface area contributed by atoms with E-state index >= 15 is 0 Å². The number of carbonyl (C=O) groups excluding carboxylic acids is 2. The van der Waals surface area contributed by atoms with E-state index in [1.807, 2.05) is 0 Å². The smallest absolute Gasteiger partial charge is 0.305 e. The number of unbranched alkanes of at least 4 members (excludes halogenated alkanes) is 61. The van der Waals surface area contributed by atoms with Crippen molar-refractivity contribution >= 4 is 11.9 Å². The molecule has 0 saturated heterocycles. The monoisotopic (exact) mass is 1180 g/mol. The van der Waals surface area contributed by atoms with Gasteiger partial charge in [0.05, 0.1) is 25.4 Å². The third-order valence-corrected chi connectivity index (χ3v) is 18.6. The highest BCUT2D eigenvalue weighted by molar-refractivity contribution is 5.76. The summed E-state index contributed by atoms with van der Waals surface area (Å²) in [6, 6.07) is -0.537. The fourth-order valence-electron chi connectivity index (χ4n) is 12.6. The van der Waals surface area contributed by atoms with Crippen LogP contribution in [0, 0.1) is 0 Å². The largest absolute Gasteiger partial charge is 0.466 e. The molecule has 0 spiro atoms. The van der Waals surface area contributed by atoms with E-state index in [0.29, 0.717) is 25.9 Å². The molecule has 0 aliphatic carbocycles. The van der Waals surface area contributed by atoms with E-state index in [1.54, 1.807) is 0 Å². The van der Waals surface area contributed by atoms with Crippen LogP contribution in [0.1, 0.15) is 450 Å². The van der Waals surface area contributed by atoms with Crippen molar-refractivity contribution < 1.29 is 24.5 Å². The standard InChI is InChI=1S/C78H153NO5/c1-3-5-7-9-11-13-15-17-18-19-41-44-47-50-54-58-62-66-70-76(81)75(74-80)79-77(82)71-67-63-59-55-51-48-45-42-39-37-35-33-31-29-27-25-23-21-20-22-24-26-28-30-32-34-36-38-40-43-46-49-53-57-61-65-69-73-84-78(83)72-68-64-60-56-52-16-14-12-10-8-6-4-2/h12,14,75-76,80-81H,3-11,13,15-74H2,1-2H3,(H,79,82)/b14-12-. The number of carbonyl (C=O) groups is 2. The molecule has 0 bridgehead atoms. The van der Waals surface area contributed by atoms with Gasteiger partial charge < -0.3 is 20.3 Å². The second kappa shape index (κ2) is 74.1. The summed E-state index contributed by atoms with van der Waals surface area (Å²) in [7, 11) is 0. The van der Waals surface area contributed by atoms with Crippen molar-refractivity contribution in [2.45, 2.75) is 463 Å². The fraction of sp³-hybridized carbons (Fsp3) is 0.949. The lowest BCUT2D eigenvalue weighted by molar-refractivity contribution is -0.143. The van der Waals surface area contributed by atoms with Gasteiger partial charge in [-0.25, -0.2) is 0 Å². The Labute approximate surface area is 527 Å².